The van der Waals surface area contributed by atoms with Crippen molar-refractivity contribution >= 4 is 26.6 Å². The zero-order valence-corrected chi connectivity index (χ0v) is 37.7. The predicted molar refractivity (Wildman–Crippen MR) is 234 cm³/mol. The van der Waals surface area contributed by atoms with Crippen LogP contribution in [0.4, 0.5) is 8.78 Å². The second-order valence-electron chi connectivity index (χ2n) is 18.5. The first-order valence-electron chi connectivity index (χ1n) is 21.5. The number of sulfone groups is 1. The Labute approximate surface area is 371 Å². The van der Waals surface area contributed by atoms with E-state index >= 15 is 13.6 Å². The van der Waals surface area contributed by atoms with Gasteiger partial charge in [0.05, 0.1) is 28.7 Å². The third kappa shape index (κ3) is 6.80. The molecule has 1 saturated carbocycles. The maximum atomic E-state index is 15.5. The van der Waals surface area contributed by atoms with Gasteiger partial charge in [-0.2, -0.15) is 14.9 Å². The highest BCUT2D eigenvalue weighted by Crippen LogP contribution is 2.56. The normalized spacial score (nSPS) is 21.8. The highest BCUT2D eigenvalue weighted by Gasteiger charge is 2.59. The summed E-state index contributed by atoms with van der Waals surface area (Å²) >= 11 is 0. The average molecular weight is 908 g/mol. The lowest BCUT2D eigenvalue weighted by atomic mass is 9.83. The van der Waals surface area contributed by atoms with E-state index in [9.17, 15) is 18.0 Å². The Morgan fingerprint density at radius 2 is 1.69 bits per heavy atom. The van der Waals surface area contributed by atoms with Gasteiger partial charge >= 0.3 is 11.4 Å². The van der Waals surface area contributed by atoms with Gasteiger partial charge in [-0.05, 0) is 125 Å². The number of amides is 1. The van der Waals surface area contributed by atoms with E-state index in [0.717, 1.165) is 52.4 Å². The lowest BCUT2D eigenvalue weighted by Crippen LogP contribution is -2.41. The first-order valence-corrected chi connectivity index (χ1v) is 23.4. The topological polar surface area (TPSA) is 185 Å². The van der Waals surface area contributed by atoms with Crippen LogP contribution in [-0.4, -0.2) is 83.1 Å². The van der Waals surface area contributed by atoms with Crippen molar-refractivity contribution in [2.24, 2.45) is 5.92 Å². The molecule has 338 valence electrons. The molecule has 3 aliphatic rings. The number of nitrogens with zero attached hydrogens (tertiary/aromatic N) is 8. The van der Waals surface area contributed by atoms with Crippen LogP contribution < -0.4 is 11.4 Å². The summed E-state index contributed by atoms with van der Waals surface area (Å²) in [6.07, 6.45) is 4.70. The van der Waals surface area contributed by atoms with Crippen molar-refractivity contribution in [1.82, 2.24) is 43.7 Å². The van der Waals surface area contributed by atoms with Crippen LogP contribution in [0.1, 0.15) is 103 Å². The number of H-pyrrole nitrogens is 1. The molecule has 3 aromatic carbocycles. The van der Waals surface area contributed by atoms with E-state index < -0.39 is 49.4 Å². The van der Waals surface area contributed by atoms with Crippen molar-refractivity contribution < 1.29 is 31.3 Å². The molecule has 0 spiro atoms. The summed E-state index contributed by atoms with van der Waals surface area (Å²) in [6, 6.07) is 14.0. The molecule has 10 rings (SSSR count). The van der Waals surface area contributed by atoms with Gasteiger partial charge in [0.1, 0.15) is 34.1 Å². The third-order valence-corrected chi connectivity index (χ3v) is 14.7. The smallest absolute Gasteiger partial charge is 0.376 e. The van der Waals surface area contributed by atoms with E-state index in [1.165, 1.54) is 21.6 Å². The van der Waals surface area contributed by atoms with Crippen molar-refractivity contribution in [2.45, 2.75) is 95.2 Å². The number of carbonyl (C=O) groups is 1. The van der Waals surface area contributed by atoms with Crippen LogP contribution >= 0.6 is 0 Å². The molecule has 6 heterocycles. The fraction of sp³-hybridized carbons (Fsp3) is 0.391. The molecule has 0 radical (unpaired) electrons. The number of halogens is 2. The largest absolute Gasteiger partial charge is 0.438 e. The first kappa shape index (κ1) is 42.5. The first-order chi connectivity index (χ1) is 30.8. The van der Waals surface area contributed by atoms with E-state index in [4.69, 9.17) is 14.4 Å². The molecule has 0 bridgehead atoms. The molecule has 7 aromatic rings. The summed E-state index contributed by atoms with van der Waals surface area (Å²) in [7, 11) is -3.90. The summed E-state index contributed by atoms with van der Waals surface area (Å²) in [4.78, 5) is 46.3. The van der Waals surface area contributed by atoms with E-state index in [-0.39, 0.29) is 47.8 Å². The minimum atomic E-state index is -3.90. The Hall–Kier alpha value is -6.47. The van der Waals surface area contributed by atoms with Gasteiger partial charge in [0.2, 0.25) is 0 Å². The van der Waals surface area contributed by atoms with Crippen molar-refractivity contribution in [1.29, 1.82) is 0 Å². The van der Waals surface area contributed by atoms with Gasteiger partial charge in [-0.15, -0.1) is 0 Å². The lowest BCUT2D eigenvalue weighted by Gasteiger charge is -2.35. The molecule has 16 nitrogen and oxygen atoms in total. The molecule has 65 heavy (non-hydrogen) atoms. The molecular formula is C46H47F2N9O7S. The highest BCUT2D eigenvalue weighted by molar-refractivity contribution is 7.90. The number of nitrogens with one attached hydrogen (secondary N) is 1. The Morgan fingerprint density at radius 1 is 0.954 bits per heavy atom. The third-order valence-electron chi connectivity index (χ3n) is 13.6. The number of hydrogen-bond acceptors (Lipinski definition) is 10. The molecular weight excluding hydrogens is 861 g/mol. The molecule has 2 fully saturated rings. The zero-order chi connectivity index (χ0) is 46.1. The van der Waals surface area contributed by atoms with Crippen molar-refractivity contribution in [3.8, 4) is 17.2 Å². The Kier molecular flexibility index (Phi) is 9.66. The van der Waals surface area contributed by atoms with Crippen LogP contribution in [0.2, 0.25) is 0 Å². The van der Waals surface area contributed by atoms with Crippen molar-refractivity contribution in [3.05, 3.63) is 133 Å². The van der Waals surface area contributed by atoms with Crippen LogP contribution in [0.25, 0.3) is 28.1 Å². The molecule has 1 N–H and O–H groups in total. The van der Waals surface area contributed by atoms with Gasteiger partial charge in [-0.1, -0.05) is 18.1 Å². The number of aromatic amines is 1. The monoisotopic (exact) mass is 907 g/mol. The van der Waals surface area contributed by atoms with Crippen LogP contribution in [0.15, 0.2) is 79.9 Å². The summed E-state index contributed by atoms with van der Waals surface area (Å²) in [5, 5.41) is 14.3. The van der Waals surface area contributed by atoms with Gasteiger partial charge in [0, 0.05) is 48.4 Å². The average Bonchev–Trinajstić information content (AvgIpc) is 3.74. The van der Waals surface area contributed by atoms with Crippen LogP contribution in [0.3, 0.4) is 0 Å². The lowest BCUT2D eigenvalue weighted by molar-refractivity contribution is -0.0592. The molecule has 1 amide bonds. The van der Waals surface area contributed by atoms with Gasteiger partial charge in [-0.25, -0.2) is 36.0 Å². The standard InChI is InChI=1S/C46H47F2N9O7S/c1-24-16-32(17-25(2)39(24)48)56-40(54-23-49-57(44(54)60)31-9-11-37(33(47)20-31)65(7,61)62)38-27(4)53(14-12-34(38)51-56)41(58)36-19-30-18-28(29-13-15-63-45(5,6)22-29)8-10-35(30)55(36)46(21-26(46)3)42-50-43(59)64-52-42/h8-11,16-20,23,26-27,29H,12-15,21-22H2,1-7H3,(H,50,52,59)/t26-,27-,29-,46-/m0/s1. The van der Waals surface area contributed by atoms with E-state index in [2.05, 4.69) is 41.2 Å². The molecule has 4 atom stereocenters. The van der Waals surface area contributed by atoms with Crippen LogP contribution in [0.5, 0.6) is 0 Å². The molecule has 0 unspecified atom stereocenters. The highest BCUT2D eigenvalue weighted by atomic mass is 32.2. The molecule has 4 aromatic heterocycles. The summed E-state index contributed by atoms with van der Waals surface area (Å²) in [5.41, 5.74) is 2.65. The second-order valence-corrected chi connectivity index (χ2v) is 20.4. The summed E-state index contributed by atoms with van der Waals surface area (Å²) < 4.78 is 71.3. The number of fused-ring (bicyclic) bond motifs is 2. The minimum Gasteiger partial charge on any atom is -0.376 e. The minimum absolute atomic E-state index is 0.0230. The van der Waals surface area contributed by atoms with Gasteiger partial charge < -0.3 is 14.2 Å². The number of aromatic nitrogens is 8. The van der Waals surface area contributed by atoms with Crippen LogP contribution in [-0.2, 0) is 26.5 Å². The summed E-state index contributed by atoms with van der Waals surface area (Å²) in [5.74, 6) is -1.68. The zero-order valence-electron chi connectivity index (χ0n) is 36.8. The van der Waals surface area contributed by atoms with Crippen molar-refractivity contribution in [3.63, 3.8) is 0 Å². The Morgan fingerprint density at radius 3 is 2.34 bits per heavy atom. The van der Waals surface area contributed by atoms with Gasteiger partial charge in [-0.3, -0.25) is 14.3 Å². The quantitative estimate of drug-likeness (QED) is 0.180. The SMILES string of the molecule is Cc1cc(-n2nc3c(c2-n2cnn(-c4ccc(S(C)(=O)=O)c(F)c4)c2=O)[C@H](C)N(C(=O)c2cc4cc([C@H]5CCOC(C)(C)C5)ccc4n2[C@@]2(c4noc(=O)[nH]4)C[C@@H]2C)CC3)cc(C)c1F. The number of carbonyl (C=O) groups excluding carboxylic acids is 1. The summed E-state index contributed by atoms with van der Waals surface area (Å²) in [6.45, 7) is 12.2. The fourth-order valence-corrected chi connectivity index (χ4v) is 11.0. The fourth-order valence-electron chi connectivity index (χ4n) is 10.2. The molecule has 1 aliphatic carbocycles. The number of ether oxygens (including phenoxy) is 1. The van der Waals surface area contributed by atoms with E-state index in [0.29, 0.717) is 52.6 Å². The van der Waals surface area contributed by atoms with Gasteiger partial charge in [0.25, 0.3) is 5.91 Å². The Bertz CT molecular complexity index is 3340. The number of aryl methyl sites for hydroxylation is 2. The Balaban J connectivity index is 1.12. The second kappa shape index (κ2) is 14.8. The number of rotatable bonds is 8. The van der Waals surface area contributed by atoms with Crippen LogP contribution in [0, 0.1) is 31.4 Å². The van der Waals surface area contributed by atoms with Crippen molar-refractivity contribution in [2.75, 3.05) is 19.4 Å². The molecule has 1 saturated heterocycles. The molecule has 19 heteroatoms. The maximum absolute atomic E-state index is 15.5. The maximum Gasteiger partial charge on any atom is 0.438 e. The van der Waals surface area contributed by atoms with E-state index in [1.54, 1.807) is 30.9 Å². The molecule has 2 aliphatic heterocycles. The van der Waals surface area contributed by atoms with E-state index in [1.807, 2.05) is 30.5 Å². The van der Waals surface area contributed by atoms with Gasteiger partial charge in [0.15, 0.2) is 21.5 Å². The predicted octanol–water partition coefficient (Wildman–Crippen LogP) is 6.35. The number of hydrogen-bond donors (Lipinski definition) is 1. The number of benzene rings is 3.